The number of hydrogen-bond acceptors (Lipinski definition) is 2. The average Bonchev–Trinajstić information content (AvgIpc) is 2.34. The van der Waals surface area contributed by atoms with Crippen LogP contribution in [0.25, 0.3) is 0 Å². The fourth-order valence-electron chi connectivity index (χ4n) is 1.70. The number of alkyl halides is 3. The second-order valence-corrected chi connectivity index (χ2v) is 4.27. The van der Waals surface area contributed by atoms with Gasteiger partial charge in [0.05, 0.1) is 6.42 Å². The molecule has 0 bridgehead atoms. The van der Waals surface area contributed by atoms with E-state index in [0.29, 0.717) is 0 Å². The van der Waals surface area contributed by atoms with Gasteiger partial charge in [0.15, 0.2) is 0 Å². The van der Waals surface area contributed by atoms with Gasteiger partial charge in [0.25, 0.3) is 0 Å². The van der Waals surface area contributed by atoms with Crippen LogP contribution in [-0.4, -0.2) is 59.8 Å². The summed E-state index contributed by atoms with van der Waals surface area (Å²) < 4.78 is 37.2. The van der Waals surface area contributed by atoms with Crippen molar-refractivity contribution in [3.63, 3.8) is 0 Å². The lowest BCUT2D eigenvalue weighted by molar-refractivity contribution is -0.137. The smallest absolute Gasteiger partial charge is 0.412 e. The quantitative estimate of drug-likeness (QED) is 0.800. The molecule has 0 aromatic carbocycles. The highest BCUT2D eigenvalue weighted by molar-refractivity contribution is 5.75. The van der Waals surface area contributed by atoms with E-state index >= 15 is 0 Å². The minimum absolute atomic E-state index is 0.0123. The molecule has 0 unspecified atom stereocenters. The van der Waals surface area contributed by atoms with Gasteiger partial charge in [-0.3, -0.25) is 4.79 Å². The molecule has 1 heterocycles. The predicted molar refractivity (Wildman–Crippen MR) is 60.6 cm³/mol. The molecule has 0 aliphatic carbocycles. The molecule has 0 saturated carbocycles. The van der Waals surface area contributed by atoms with Crippen molar-refractivity contribution in [1.82, 2.24) is 9.80 Å². The Morgan fingerprint density at radius 3 is 2.53 bits per heavy atom. The second-order valence-electron chi connectivity index (χ2n) is 4.27. The van der Waals surface area contributed by atoms with Crippen LogP contribution in [0.2, 0.25) is 0 Å². The van der Waals surface area contributed by atoms with Crippen LogP contribution in [-0.2, 0) is 4.79 Å². The van der Waals surface area contributed by atoms with Crippen molar-refractivity contribution in [1.29, 1.82) is 0 Å². The van der Waals surface area contributed by atoms with Crippen LogP contribution in [0.1, 0.15) is 12.8 Å². The third-order valence-corrected chi connectivity index (χ3v) is 2.83. The summed E-state index contributed by atoms with van der Waals surface area (Å²) in [7, 11) is 1.42. The predicted octanol–water partition coefficient (Wildman–Crippen LogP) is 1.71. The Morgan fingerprint density at radius 2 is 2.11 bits per heavy atom. The third-order valence-electron chi connectivity index (χ3n) is 2.83. The van der Waals surface area contributed by atoms with Crippen molar-refractivity contribution in [2.24, 2.45) is 0 Å². The van der Waals surface area contributed by atoms with Crippen LogP contribution in [0.5, 0.6) is 0 Å². The zero-order valence-electron chi connectivity index (χ0n) is 10.4. The molecule has 1 aliphatic rings. The first-order valence-electron chi connectivity index (χ1n) is 5.70. The highest BCUT2D eigenvalue weighted by Crippen LogP contribution is 2.30. The summed E-state index contributed by atoms with van der Waals surface area (Å²) in [6.07, 6.45) is -3.78. The minimum Gasteiger partial charge on any atom is -0.481 e. The number of amides is 2. The number of rotatable bonds is 3. The fraction of sp³-hybridized carbons (Fsp3) is 0.636. The summed E-state index contributed by atoms with van der Waals surface area (Å²) in [4.78, 5) is 24.6. The van der Waals surface area contributed by atoms with E-state index in [4.69, 9.17) is 5.11 Å². The van der Waals surface area contributed by atoms with Gasteiger partial charge in [-0.05, 0) is 6.42 Å². The molecule has 8 heteroatoms. The number of carboxylic acids is 1. The zero-order valence-corrected chi connectivity index (χ0v) is 10.4. The van der Waals surface area contributed by atoms with Crippen LogP contribution in [0.4, 0.5) is 18.0 Å². The Morgan fingerprint density at radius 1 is 1.47 bits per heavy atom. The van der Waals surface area contributed by atoms with Gasteiger partial charge >= 0.3 is 18.2 Å². The largest absolute Gasteiger partial charge is 0.481 e. The summed E-state index contributed by atoms with van der Waals surface area (Å²) in [6, 6.07) is -0.460. The molecular formula is C11H15F3N2O3. The van der Waals surface area contributed by atoms with E-state index in [1.165, 1.54) is 16.8 Å². The lowest BCUT2D eigenvalue weighted by atomic mass is 10.1. The lowest BCUT2D eigenvalue weighted by Gasteiger charge is -2.30. The van der Waals surface area contributed by atoms with Crippen LogP contribution in [0.15, 0.2) is 11.6 Å². The Kier molecular flexibility index (Phi) is 4.79. The summed E-state index contributed by atoms with van der Waals surface area (Å²) in [6.45, 7) is -0.0901. The molecule has 0 aromatic rings. The van der Waals surface area contributed by atoms with Gasteiger partial charge in [-0.1, -0.05) is 6.08 Å². The van der Waals surface area contributed by atoms with Crippen molar-refractivity contribution in [2.45, 2.75) is 19.0 Å². The van der Waals surface area contributed by atoms with Crippen molar-refractivity contribution in [3.05, 3.63) is 11.6 Å². The maximum atomic E-state index is 12.4. The van der Waals surface area contributed by atoms with Gasteiger partial charge in [0.2, 0.25) is 0 Å². The summed E-state index contributed by atoms with van der Waals surface area (Å²) in [5, 5.41) is 8.49. The van der Waals surface area contributed by atoms with Gasteiger partial charge < -0.3 is 14.9 Å². The van der Waals surface area contributed by atoms with E-state index in [-0.39, 0.29) is 32.5 Å². The van der Waals surface area contributed by atoms with Gasteiger partial charge in [0, 0.05) is 32.3 Å². The SMILES string of the molecule is CN(CCC(=O)O)C(=O)N1CC=C(C(F)(F)F)CC1. The molecule has 0 atom stereocenters. The molecular weight excluding hydrogens is 265 g/mol. The van der Waals surface area contributed by atoms with E-state index in [1.54, 1.807) is 0 Å². The molecule has 19 heavy (non-hydrogen) atoms. The first-order valence-corrected chi connectivity index (χ1v) is 5.70. The summed E-state index contributed by atoms with van der Waals surface area (Å²) in [5.74, 6) is -1.03. The first-order chi connectivity index (χ1) is 8.71. The zero-order chi connectivity index (χ0) is 14.6. The van der Waals surface area contributed by atoms with Crippen LogP contribution < -0.4 is 0 Å². The molecule has 1 aliphatic heterocycles. The number of carboxylic acid groups (broad SMARTS) is 1. The molecule has 108 valence electrons. The second kappa shape index (κ2) is 5.94. The Bertz CT molecular complexity index is 393. The van der Waals surface area contributed by atoms with Gasteiger partial charge in [0.1, 0.15) is 0 Å². The van der Waals surface area contributed by atoms with Crippen molar-refractivity contribution in [3.8, 4) is 0 Å². The molecule has 0 saturated heterocycles. The van der Waals surface area contributed by atoms with Crippen LogP contribution in [0, 0.1) is 0 Å². The number of aliphatic carboxylic acids is 1. The minimum atomic E-state index is -4.34. The summed E-state index contributed by atoms with van der Waals surface area (Å²) >= 11 is 0. The Labute approximate surface area is 108 Å². The Hall–Kier alpha value is -1.73. The van der Waals surface area contributed by atoms with E-state index in [9.17, 15) is 22.8 Å². The molecule has 0 aromatic heterocycles. The number of halogens is 3. The Balaban J connectivity index is 2.53. The van der Waals surface area contributed by atoms with E-state index in [0.717, 1.165) is 6.08 Å². The highest BCUT2D eigenvalue weighted by Gasteiger charge is 2.35. The molecule has 1 N–H and O–H groups in total. The van der Waals surface area contributed by atoms with Crippen LogP contribution >= 0.6 is 0 Å². The highest BCUT2D eigenvalue weighted by atomic mass is 19.4. The number of hydrogen-bond donors (Lipinski definition) is 1. The maximum absolute atomic E-state index is 12.4. The van der Waals surface area contributed by atoms with Crippen LogP contribution in [0.3, 0.4) is 0 Å². The van der Waals surface area contributed by atoms with Crippen molar-refractivity contribution in [2.75, 3.05) is 26.7 Å². The molecule has 0 spiro atoms. The third kappa shape index (κ3) is 4.46. The standard InChI is InChI=1S/C11H15F3N2O3/c1-15(5-4-9(17)18)10(19)16-6-2-8(3-7-16)11(12,13)14/h2H,3-7H2,1H3,(H,17,18). The number of urea groups is 1. The normalized spacial score (nSPS) is 16.0. The maximum Gasteiger partial charge on any atom is 0.412 e. The molecule has 2 amide bonds. The average molecular weight is 280 g/mol. The lowest BCUT2D eigenvalue weighted by Crippen LogP contribution is -2.44. The number of nitrogens with zero attached hydrogens (tertiary/aromatic N) is 2. The van der Waals surface area contributed by atoms with E-state index in [2.05, 4.69) is 0 Å². The van der Waals surface area contributed by atoms with Gasteiger partial charge in [-0.2, -0.15) is 13.2 Å². The topological polar surface area (TPSA) is 60.9 Å². The molecule has 1 rings (SSSR count). The fourth-order valence-corrected chi connectivity index (χ4v) is 1.70. The van der Waals surface area contributed by atoms with Gasteiger partial charge in [-0.25, -0.2) is 4.79 Å². The van der Waals surface area contributed by atoms with Crippen molar-refractivity contribution >= 4 is 12.0 Å². The monoisotopic (exact) mass is 280 g/mol. The molecule has 0 radical (unpaired) electrons. The summed E-state index contributed by atoms with van der Waals surface area (Å²) in [5.41, 5.74) is -0.621. The van der Waals surface area contributed by atoms with E-state index < -0.39 is 23.7 Å². The number of carbonyl (C=O) groups is 2. The van der Waals surface area contributed by atoms with Gasteiger partial charge in [-0.15, -0.1) is 0 Å². The number of carbonyl (C=O) groups excluding carboxylic acids is 1. The molecule has 5 nitrogen and oxygen atoms in total. The van der Waals surface area contributed by atoms with Crippen molar-refractivity contribution < 1.29 is 27.9 Å². The first kappa shape index (κ1) is 15.3. The van der Waals surface area contributed by atoms with E-state index in [1.807, 2.05) is 0 Å². The molecule has 0 fully saturated rings.